The first-order valence-electron chi connectivity index (χ1n) is 7.03. The lowest BCUT2D eigenvalue weighted by Gasteiger charge is -2.25. The molecule has 0 spiro atoms. The molecule has 114 valence electrons. The van der Waals surface area contributed by atoms with E-state index in [2.05, 4.69) is 40.9 Å². The van der Waals surface area contributed by atoms with E-state index in [1.54, 1.807) is 18.5 Å². The van der Waals surface area contributed by atoms with Crippen LogP contribution in [0.4, 0.5) is 0 Å². The van der Waals surface area contributed by atoms with Crippen LogP contribution in [0.3, 0.4) is 0 Å². The third-order valence-corrected chi connectivity index (χ3v) is 3.02. The number of carbonyl (C=O) groups is 1. The van der Waals surface area contributed by atoms with E-state index in [1.165, 1.54) is 0 Å². The minimum atomic E-state index is -0.126. The summed E-state index contributed by atoms with van der Waals surface area (Å²) in [5.41, 5.74) is 6.55. The Morgan fingerprint density at radius 3 is 2.71 bits per heavy atom. The van der Waals surface area contributed by atoms with E-state index in [4.69, 9.17) is 5.73 Å². The Morgan fingerprint density at radius 2 is 2.14 bits per heavy atom. The van der Waals surface area contributed by atoms with Crippen LogP contribution in [0.5, 0.6) is 0 Å². The summed E-state index contributed by atoms with van der Waals surface area (Å²) in [6, 6.07) is 1.82. The van der Waals surface area contributed by atoms with Gasteiger partial charge in [-0.15, -0.1) is 0 Å². The Balaban J connectivity index is 2.82. The molecular formula is C16H24N4O. The quantitative estimate of drug-likeness (QED) is 0.783. The molecule has 0 saturated heterocycles. The summed E-state index contributed by atoms with van der Waals surface area (Å²) in [5, 5.41) is 3.05. The maximum atomic E-state index is 12.3. The fourth-order valence-corrected chi connectivity index (χ4v) is 1.85. The molecule has 0 aliphatic carbocycles. The van der Waals surface area contributed by atoms with Gasteiger partial charge >= 0.3 is 0 Å². The summed E-state index contributed by atoms with van der Waals surface area (Å²) in [5.74, 6) is 5.86. The Labute approximate surface area is 126 Å². The average molecular weight is 288 g/mol. The first-order chi connectivity index (χ1) is 9.93. The topological polar surface area (TPSA) is 71.2 Å². The van der Waals surface area contributed by atoms with Gasteiger partial charge in [0.05, 0.1) is 12.1 Å². The molecule has 1 rings (SSSR count). The summed E-state index contributed by atoms with van der Waals surface area (Å²) >= 11 is 0. The average Bonchev–Trinajstić information content (AvgIpc) is 2.44. The molecule has 3 N–H and O–H groups in total. The molecule has 1 aromatic heterocycles. The molecule has 0 aliphatic rings. The Kier molecular flexibility index (Phi) is 6.86. The Morgan fingerprint density at radius 1 is 1.43 bits per heavy atom. The van der Waals surface area contributed by atoms with Gasteiger partial charge in [-0.05, 0) is 26.1 Å². The molecule has 0 aliphatic heterocycles. The smallest absolute Gasteiger partial charge is 0.253 e. The van der Waals surface area contributed by atoms with Crippen molar-refractivity contribution >= 4 is 5.91 Å². The molecule has 0 saturated carbocycles. The van der Waals surface area contributed by atoms with Gasteiger partial charge in [-0.3, -0.25) is 9.78 Å². The number of aromatic nitrogens is 1. The zero-order valence-electron chi connectivity index (χ0n) is 13.2. The second kappa shape index (κ2) is 8.40. The van der Waals surface area contributed by atoms with Crippen LogP contribution in [0.15, 0.2) is 18.5 Å². The molecule has 5 nitrogen and oxygen atoms in total. The van der Waals surface area contributed by atoms with Crippen LogP contribution in [0.1, 0.15) is 29.8 Å². The number of carbonyl (C=O) groups excluding carboxylic acids is 1. The van der Waals surface area contributed by atoms with E-state index in [1.807, 2.05) is 14.1 Å². The van der Waals surface area contributed by atoms with E-state index in [0.717, 1.165) is 6.54 Å². The van der Waals surface area contributed by atoms with Crippen molar-refractivity contribution in [1.29, 1.82) is 0 Å². The third-order valence-electron chi connectivity index (χ3n) is 3.02. The molecule has 1 heterocycles. The second-order valence-corrected chi connectivity index (χ2v) is 5.55. The molecule has 1 atom stereocenters. The summed E-state index contributed by atoms with van der Waals surface area (Å²) < 4.78 is 0. The fourth-order valence-electron chi connectivity index (χ4n) is 1.85. The van der Waals surface area contributed by atoms with E-state index in [9.17, 15) is 4.79 Å². The van der Waals surface area contributed by atoms with Crippen LogP contribution in [0.2, 0.25) is 0 Å². The summed E-state index contributed by atoms with van der Waals surface area (Å²) in [6.07, 6.45) is 3.18. The van der Waals surface area contributed by atoms with Gasteiger partial charge < -0.3 is 16.0 Å². The summed E-state index contributed by atoms with van der Waals surface area (Å²) in [6.45, 7) is 5.27. The number of amides is 1. The number of rotatable bonds is 5. The number of nitrogens with zero attached hydrogens (tertiary/aromatic N) is 2. The lowest BCUT2D eigenvalue weighted by Crippen LogP contribution is -2.45. The number of hydrogen-bond acceptors (Lipinski definition) is 4. The SMILES string of the molecule is CC(C)C(CN(C)C)NC(=O)c1cncc(C#CCN)c1. The highest BCUT2D eigenvalue weighted by atomic mass is 16.1. The van der Waals surface area contributed by atoms with Gasteiger partial charge in [0.25, 0.3) is 5.91 Å². The van der Waals surface area contributed by atoms with Gasteiger partial charge in [-0.25, -0.2) is 0 Å². The number of pyridine rings is 1. The Hall–Kier alpha value is -1.90. The number of nitrogens with two attached hydrogens (primary N) is 1. The first-order valence-corrected chi connectivity index (χ1v) is 7.03. The van der Waals surface area contributed by atoms with Crippen LogP contribution in [-0.2, 0) is 0 Å². The van der Waals surface area contributed by atoms with Crippen LogP contribution in [-0.4, -0.2) is 49.0 Å². The Bertz CT molecular complexity index is 529. The highest BCUT2D eigenvalue weighted by molar-refractivity contribution is 5.94. The molecule has 1 aromatic rings. The molecule has 0 radical (unpaired) electrons. The van der Waals surface area contributed by atoms with Crippen molar-refractivity contribution in [3.05, 3.63) is 29.6 Å². The predicted molar refractivity (Wildman–Crippen MR) is 84.8 cm³/mol. The predicted octanol–water partition coefficient (Wildman–Crippen LogP) is 0.708. The zero-order valence-corrected chi connectivity index (χ0v) is 13.2. The van der Waals surface area contributed by atoms with Crippen molar-refractivity contribution in [2.45, 2.75) is 19.9 Å². The molecule has 0 bridgehead atoms. The molecule has 0 aromatic carbocycles. The maximum Gasteiger partial charge on any atom is 0.253 e. The fraction of sp³-hybridized carbons (Fsp3) is 0.500. The number of hydrogen-bond donors (Lipinski definition) is 2. The molecule has 1 amide bonds. The molecular weight excluding hydrogens is 264 g/mol. The number of nitrogens with one attached hydrogen (secondary N) is 1. The van der Waals surface area contributed by atoms with Crippen molar-refractivity contribution in [2.75, 3.05) is 27.2 Å². The van der Waals surface area contributed by atoms with E-state index < -0.39 is 0 Å². The van der Waals surface area contributed by atoms with Gasteiger partial charge in [-0.2, -0.15) is 0 Å². The van der Waals surface area contributed by atoms with Crippen molar-refractivity contribution in [1.82, 2.24) is 15.2 Å². The first kappa shape index (κ1) is 17.2. The van der Waals surface area contributed by atoms with Crippen molar-refractivity contribution in [2.24, 2.45) is 11.7 Å². The van der Waals surface area contributed by atoms with Gasteiger partial charge in [-0.1, -0.05) is 25.7 Å². The number of likely N-dealkylation sites (N-methyl/N-ethyl adjacent to an activating group) is 1. The minimum Gasteiger partial charge on any atom is -0.348 e. The minimum absolute atomic E-state index is 0.0892. The standard InChI is InChI=1S/C16H24N4O/c1-12(2)15(11-20(3)4)19-16(21)14-8-13(6-5-7-17)9-18-10-14/h8-10,12,15H,7,11,17H2,1-4H3,(H,19,21). The van der Waals surface area contributed by atoms with Crippen molar-refractivity contribution in [3.63, 3.8) is 0 Å². The molecule has 0 fully saturated rings. The van der Waals surface area contributed by atoms with Crippen LogP contribution in [0.25, 0.3) is 0 Å². The second-order valence-electron chi connectivity index (χ2n) is 5.55. The lowest BCUT2D eigenvalue weighted by atomic mass is 10.0. The molecule has 5 heteroatoms. The maximum absolute atomic E-state index is 12.3. The largest absolute Gasteiger partial charge is 0.348 e. The van der Waals surface area contributed by atoms with Gasteiger partial charge in [0.1, 0.15) is 0 Å². The highest BCUT2D eigenvalue weighted by Gasteiger charge is 2.18. The normalized spacial score (nSPS) is 12.0. The van der Waals surface area contributed by atoms with Gasteiger partial charge in [0.15, 0.2) is 0 Å². The van der Waals surface area contributed by atoms with E-state index in [0.29, 0.717) is 17.0 Å². The highest BCUT2D eigenvalue weighted by Crippen LogP contribution is 2.06. The van der Waals surface area contributed by atoms with Crippen LogP contribution < -0.4 is 11.1 Å². The molecule has 21 heavy (non-hydrogen) atoms. The zero-order chi connectivity index (χ0) is 15.8. The van der Waals surface area contributed by atoms with Crippen LogP contribution >= 0.6 is 0 Å². The van der Waals surface area contributed by atoms with E-state index >= 15 is 0 Å². The monoisotopic (exact) mass is 288 g/mol. The third kappa shape index (κ3) is 5.94. The van der Waals surface area contributed by atoms with Crippen molar-refractivity contribution < 1.29 is 4.79 Å². The van der Waals surface area contributed by atoms with Crippen LogP contribution in [0, 0.1) is 17.8 Å². The van der Waals surface area contributed by atoms with E-state index in [-0.39, 0.29) is 18.5 Å². The summed E-state index contributed by atoms with van der Waals surface area (Å²) in [7, 11) is 3.98. The van der Waals surface area contributed by atoms with Crippen molar-refractivity contribution in [3.8, 4) is 11.8 Å². The lowest BCUT2D eigenvalue weighted by molar-refractivity contribution is 0.0916. The summed E-state index contributed by atoms with van der Waals surface area (Å²) in [4.78, 5) is 18.4. The van der Waals surface area contributed by atoms with Gasteiger partial charge in [0, 0.05) is 30.5 Å². The van der Waals surface area contributed by atoms with Gasteiger partial charge in [0.2, 0.25) is 0 Å². The molecule has 1 unspecified atom stereocenters.